The van der Waals surface area contributed by atoms with Crippen LogP contribution in [0.15, 0.2) is 29.3 Å². The number of benzene rings is 1. The van der Waals surface area contributed by atoms with Gasteiger partial charge in [0.05, 0.1) is 20.3 Å². The quantitative estimate of drug-likeness (QED) is 0.221. The molecule has 2 N–H and O–H groups in total. The molecule has 1 unspecified atom stereocenters. The number of para-hydroxylation sites is 2. The molecular formula is C19H34IN3O3. The molecule has 0 amide bonds. The predicted molar refractivity (Wildman–Crippen MR) is 118 cm³/mol. The molecule has 0 radical (unpaired) electrons. The first-order valence-corrected chi connectivity index (χ1v) is 8.96. The first kappa shape index (κ1) is 24.8. The molecule has 0 aliphatic carbocycles. The third kappa shape index (κ3) is 10.7. The van der Waals surface area contributed by atoms with E-state index in [1.165, 1.54) is 0 Å². The minimum Gasteiger partial charge on any atom is -0.493 e. The highest BCUT2D eigenvalue weighted by Crippen LogP contribution is 2.26. The molecule has 1 rings (SSSR count). The van der Waals surface area contributed by atoms with Gasteiger partial charge in [0.2, 0.25) is 0 Å². The lowest BCUT2D eigenvalue weighted by molar-refractivity contribution is 0.114. The third-order valence-electron chi connectivity index (χ3n) is 3.24. The van der Waals surface area contributed by atoms with E-state index in [1.54, 1.807) is 7.11 Å². The standard InChI is InChI=1S/C19H33N3O3.HI/c1-6-20-19(21-11-12-24-14-15(2)3)22-13-16(4)25-18-10-8-7-9-17(18)23-5;/h7-10,15-16H,6,11-14H2,1-5H3,(H2,20,21,22);1H. The van der Waals surface area contributed by atoms with Crippen LogP contribution in [0.3, 0.4) is 0 Å². The van der Waals surface area contributed by atoms with Crippen molar-refractivity contribution < 1.29 is 14.2 Å². The van der Waals surface area contributed by atoms with Gasteiger partial charge in [-0.1, -0.05) is 26.0 Å². The van der Waals surface area contributed by atoms with Gasteiger partial charge in [0.25, 0.3) is 0 Å². The summed E-state index contributed by atoms with van der Waals surface area (Å²) in [5.74, 6) is 2.78. The van der Waals surface area contributed by atoms with E-state index in [2.05, 4.69) is 29.5 Å². The van der Waals surface area contributed by atoms with Crippen molar-refractivity contribution in [2.45, 2.75) is 33.8 Å². The Morgan fingerprint density at radius 3 is 2.42 bits per heavy atom. The lowest BCUT2D eigenvalue weighted by Crippen LogP contribution is -2.39. The van der Waals surface area contributed by atoms with Gasteiger partial charge in [0.1, 0.15) is 6.10 Å². The van der Waals surface area contributed by atoms with Crippen LogP contribution >= 0.6 is 24.0 Å². The van der Waals surface area contributed by atoms with Crippen LogP contribution in [-0.2, 0) is 4.74 Å². The number of halogens is 1. The fraction of sp³-hybridized carbons (Fsp3) is 0.632. The zero-order chi connectivity index (χ0) is 18.5. The molecule has 0 saturated carbocycles. The van der Waals surface area contributed by atoms with E-state index < -0.39 is 0 Å². The Labute approximate surface area is 175 Å². The summed E-state index contributed by atoms with van der Waals surface area (Å²) in [6.45, 7) is 11.8. The highest BCUT2D eigenvalue weighted by atomic mass is 127. The molecule has 0 aliphatic rings. The molecule has 1 atom stereocenters. The van der Waals surface area contributed by atoms with Crippen LogP contribution in [0.2, 0.25) is 0 Å². The third-order valence-corrected chi connectivity index (χ3v) is 3.24. The number of guanidine groups is 1. The minimum atomic E-state index is -0.0658. The molecule has 1 aromatic carbocycles. The zero-order valence-corrected chi connectivity index (χ0v) is 18.9. The predicted octanol–water partition coefficient (Wildman–Crippen LogP) is 3.31. The maximum atomic E-state index is 5.92. The second-order valence-corrected chi connectivity index (χ2v) is 6.19. The maximum absolute atomic E-state index is 5.92. The normalized spacial score (nSPS) is 12.3. The van der Waals surface area contributed by atoms with Crippen molar-refractivity contribution in [2.24, 2.45) is 10.9 Å². The van der Waals surface area contributed by atoms with Gasteiger partial charge in [0, 0.05) is 19.7 Å². The second-order valence-electron chi connectivity index (χ2n) is 6.19. The molecule has 26 heavy (non-hydrogen) atoms. The SMILES string of the molecule is CCNC(=NCC(C)Oc1ccccc1OC)NCCOCC(C)C.I. The average Bonchev–Trinajstić information content (AvgIpc) is 2.59. The lowest BCUT2D eigenvalue weighted by atomic mass is 10.2. The van der Waals surface area contributed by atoms with Crippen molar-refractivity contribution in [1.29, 1.82) is 0 Å². The molecule has 7 heteroatoms. The van der Waals surface area contributed by atoms with Gasteiger partial charge in [-0.3, -0.25) is 0 Å². The van der Waals surface area contributed by atoms with Gasteiger partial charge >= 0.3 is 0 Å². The van der Waals surface area contributed by atoms with E-state index in [1.807, 2.05) is 38.1 Å². The smallest absolute Gasteiger partial charge is 0.191 e. The van der Waals surface area contributed by atoms with E-state index in [0.29, 0.717) is 19.1 Å². The van der Waals surface area contributed by atoms with E-state index >= 15 is 0 Å². The van der Waals surface area contributed by atoms with E-state index in [4.69, 9.17) is 14.2 Å². The molecule has 0 saturated heterocycles. The zero-order valence-electron chi connectivity index (χ0n) is 16.6. The van der Waals surface area contributed by atoms with Crippen molar-refractivity contribution >= 4 is 29.9 Å². The van der Waals surface area contributed by atoms with Crippen LogP contribution < -0.4 is 20.1 Å². The monoisotopic (exact) mass is 479 g/mol. The first-order valence-electron chi connectivity index (χ1n) is 8.96. The highest BCUT2D eigenvalue weighted by Gasteiger charge is 2.08. The molecular weight excluding hydrogens is 445 g/mol. The number of aliphatic imine (C=N–C) groups is 1. The Bertz CT molecular complexity index is 513. The fourth-order valence-corrected chi connectivity index (χ4v) is 2.09. The summed E-state index contributed by atoms with van der Waals surface area (Å²) in [6, 6.07) is 7.63. The number of ether oxygens (including phenoxy) is 3. The van der Waals surface area contributed by atoms with Crippen molar-refractivity contribution in [2.75, 3.05) is 40.0 Å². The van der Waals surface area contributed by atoms with Crippen molar-refractivity contribution in [3.63, 3.8) is 0 Å². The highest BCUT2D eigenvalue weighted by molar-refractivity contribution is 14.0. The number of nitrogens with one attached hydrogen (secondary N) is 2. The maximum Gasteiger partial charge on any atom is 0.191 e. The summed E-state index contributed by atoms with van der Waals surface area (Å²) in [5.41, 5.74) is 0. The van der Waals surface area contributed by atoms with Crippen LogP contribution in [0.4, 0.5) is 0 Å². The summed E-state index contributed by atoms with van der Waals surface area (Å²) >= 11 is 0. The van der Waals surface area contributed by atoms with Crippen molar-refractivity contribution in [3.05, 3.63) is 24.3 Å². The summed E-state index contributed by atoms with van der Waals surface area (Å²) in [6.07, 6.45) is -0.0658. The summed E-state index contributed by atoms with van der Waals surface area (Å²) in [7, 11) is 1.64. The Hall–Kier alpha value is -1.22. The fourth-order valence-electron chi connectivity index (χ4n) is 2.09. The molecule has 0 aliphatic heterocycles. The van der Waals surface area contributed by atoms with Crippen molar-refractivity contribution in [1.82, 2.24) is 10.6 Å². The van der Waals surface area contributed by atoms with Gasteiger partial charge in [-0.15, -0.1) is 24.0 Å². The molecule has 0 heterocycles. The first-order chi connectivity index (χ1) is 12.1. The van der Waals surface area contributed by atoms with Gasteiger partial charge in [-0.25, -0.2) is 4.99 Å². The molecule has 1 aromatic rings. The van der Waals surface area contributed by atoms with E-state index in [9.17, 15) is 0 Å². The molecule has 0 aromatic heterocycles. The molecule has 150 valence electrons. The number of hydrogen-bond donors (Lipinski definition) is 2. The Balaban J connectivity index is 0.00000625. The van der Waals surface area contributed by atoms with Gasteiger partial charge in [-0.2, -0.15) is 0 Å². The van der Waals surface area contributed by atoms with E-state index in [-0.39, 0.29) is 30.1 Å². The summed E-state index contributed by atoms with van der Waals surface area (Å²) < 4.78 is 16.8. The number of rotatable bonds is 11. The van der Waals surface area contributed by atoms with Gasteiger partial charge < -0.3 is 24.8 Å². The molecule has 0 bridgehead atoms. The Kier molecular flexibility index (Phi) is 14.2. The molecule has 0 spiro atoms. The molecule has 0 fully saturated rings. The van der Waals surface area contributed by atoms with Gasteiger partial charge in [-0.05, 0) is 31.9 Å². The number of nitrogens with zero attached hydrogens (tertiary/aromatic N) is 1. The van der Waals surface area contributed by atoms with Crippen LogP contribution in [0.25, 0.3) is 0 Å². The topological polar surface area (TPSA) is 64.1 Å². The van der Waals surface area contributed by atoms with Crippen molar-refractivity contribution in [3.8, 4) is 11.5 Å². The Morgan fingerprint density at radius 2 is 1.81 bits per heavy atom. The summed E-state index contributed by atoms with van der Waals surface area (Å²) in [5, 5.41) is 6.50. The molecule has 6 nitrogen and oxygen atoms in total. The largest absolute Gasteiger partial charge is 0.493 e. The van der Waals surface area contributed by atoms with Crippen LogP contribution in [0, 0.1) is 5.92 Å². The van der Waals surface area contributed by atoms with Crippen LogP contribution in [0.5, 0.6) is 11.5 Å². The van der Waals surface area contributed by atoms with Crippen LogP contribution in [0.1, 0.15) is 27.7 Å². The van der Waals surface area contributed by atoms with Gasteiger partial charge in [0.15, 0.2) is 17.5 Å². The van der Waals surface area contributed by atoms with Crippen LogP contribution in [-0.4, -0.2) is 52.0 Å². The second kappa shape index (κ2) is 14.9. The van der Waals surface area contributed by atoms with E-state index in [0.717, 1.165) is 37.2 Å². The Morgan fingerprint density at radius 1 is 1.12 bits per heavy atom. The number of methoxy groups -OCH3 is 1. The number of hydrogen-bond acceptors (Lipinski definition) is 4. The lowest BCUT2D eigenvalue weighted by Gasteiger charge is -2.17. The minimum absolute atomic E-state index is 0. The summed E-state index contributed by atoms with van der Waals surface area (Å²) in [4.78, 5) is 4.57. The average molecular weight is 479 g/mol.